The van der Waals surface area contributed by atoms with E-state index in [2.05, 4.69) is 15.1 Å². The van der Waals surface area contributed by atoms with Crippen LogP contribution in [-0.2, 0) is 12.1 Å². The summed E-state index contributed by atoms with van der Waals surface area (Å²) in [5, 5.41) is 4.84. The Bertz CT molecular complexity index is 1170. The fourth-order valence-corrected chi connectivity index (χ4v) is 3.62. The molecular weight excluding hydrogens is 334 g/mol. The molecule has 0 radical (unpaired) electrons. The van der Waals surface area contributed by atoms with Crippen LogP contribution in [0.2, 0.25) is 0 Å². The van der Waals surface area contributed by atoms with Crippen molar-refractivity contribution in [1.29, 1.82) is 0 Å². The third-order valence-corrected chi connectivity index (χ3v) is 5.07. The maximum Gasteiger partial charge on any atom is 0.297 e. The van der Waals surface area contributed by atoms with Gasteiger partial charge in [-0.1, -0.05) is 30.1 Å². The lowest BCUT2D eigenvalue weighted by molar-refractivity contribution is 0.343. The van der Waals surface area contributed by atoms with Crippen LogP contribution in [0.1, 0.15) is 37.4 Å². The van der Waals surface area contributed by atoms with E-state index in [0.29, 0.717) is 22.8 Å². The normalized spacial score (nSPS) is 16.7. The van der Waals surface area contributed by atoms with Gasteiger partial charge >= 0.3 is 0 Å². The molecule has 1 saturated carbocycles. The van der Waals surface area contributed by atoms with Crippen LogP contribution in [-0.4, -0.2) is 19.7 Å². The molecule has 132 valence electrons. The quantitative estimate of drug-likeness (QED) is 0.602. The Morgan fingerprint density at radius 1 is 1.23 bits per heavy atom. The highest BCUT2D eigenvalue weighted by molar-refractivity contribution is 6.01. The van der Waals surface area contributed by atoms with Crippen molar-refractivity contribution in [2.24, 2.45) is 5.73 Å². The van der Waals surface area contributed by atoms with Gasteiger partial charge in [0, 0.05) is 5.39 Å². The summed E-state index contributed by atoms with van der Waals surface area (Å²) < 4.78 is 12.4. The van der Waals surface area contributed by atoms with Crippen molar-refractivity contribution in [3.05, 3.63) is 52.7 Å². The van der Waals surface area contributed by atoms with Crippen LogP contribution in [0.3, 0.4) is 0 Å². The van der Waals surface area contributed by atoms with Crippen LogP contribution in [0.25, 0.3) is 22.1 Å². The van der Waals surface area contributed by atoms with E-state index < -0.39 is 5.54 Å². The molecule has 0 saturated heterocycles. The molecule has 4 aromatic rings. The number of benzene rings is 1. The molecule has 3 aromatic heterocycles. The molecule has 0 aliphatic heterocycles. The summed E-state index contributed by atoms with van der Waals surface area (Å²) in [6, 6.07) is 7.43. The van der Waals surface area contributed by atoms with Crippen molar-refractivity contribution in [2.45, 2.75) is 37.8 Å². The van der Waals surface area contributed by atoms with Gasteiger partial charge in [-0.05, 0) is 25.0 Å². The van der Waals surface area contributed by atoms with Crippen LogP contribution in [0.15, 0.2) is 44.3 Å². The van der Waals surface area contributed by atoms with E-state index in [1.54, 1.807) is 0 Å². The number of hydrogen-bond acceptors (Lipinski definition) is 7. The molecule has 1 aromatic carbocycles. The molecule has 0 bridgehead atoms. The van der Waals surface area contributed by atoms with Gasteiger partial charge in [-0.15, -0.1) is 0 Å². The first-order valence-corrected chi connectivity index (χ1v) is 8.63. The van der Waals surface area contributed by atoms with Crippen molar-refractivity contribution in [3.63, 3.8) is 0 Å². The molecule has 26 heavy (non-hydrogen) atoms. The van der Waals surface area contributed by atoms with Gasteiger partial charge in [-0.25, -0.2) is 4.98 Å². The molecule has 0 spiro atoms. The first-order valence-electron chi connectivity index (χ1n) is 8.63. The van der Waals surface area contributed by atoms with E-state index in [0.717, 1.165) is 31.1 Å². The first kappa shape index (κ1) is 15.3. The summed E-state index contributed by atoms with van der Waals surface area (Å²) in [5.74, 6) is 0.840. The molecule has 1 aliphatic rings. The Balaban J connectivity index is 1.52. The molecule has 2 N–H and O–H groups in total. The Hall–Kier alpha value is -3.00. The molecule has 3 heterocycles. The van der Waals surface area contributed by atoms with Crippen molar-refractivity contribution in [1.82, 2.24) is 19.7 Å². The fourth-order valence-electron chi connectivity index (χ4n) is 3.62. The molecule has 8 heteroatoms. The minimum Gasteiger partial charge on any atom is -0.448 e. The lowest BCUT2D eigenvalue weighted by Crippen LogP contribution is -2.34. The molecule has 5 rings (SSSR count). The number of hydrogen-bond donors (Lipinski definition) is 1. The summed E-state index contributed by atoms with van der Waals surface area (Å²) in [5.41, 5.74) is 6.96. The van der Waals surface area contributed by atoms with Gasteiger partial charge in [0.2, 0.25) is 11.5 Å². The highest BCUT2D eigenvalue weighted by Crippen LogP contribution is 2.34. The van der Waals surface area contributed by atoms with E-state index in [1.807, 2.05) is 24.3 Å². The van der Waals surface area contributed by atoms with E-state index in [9.17, 15) is 4.79 Å². The van der Waals surface area contributed by atoms with Gasteiger partial charge in [0.15, 0.2) is 5.82 Å². The molecule has 0 amide bonds. The Morgan fingerprint density at radius 2 is 2.04 bits per heavy atom. The van der Waals surface area contributed by atoms with E-state index >= 15 is 0 Å². The summed E-state index contributed by atoms with van der Waals surface area (Å²) >= 11 is 0. The summed E-state index contributed by atoms with van der Waals surface area (Å²) in [6.45, 7) is 0.127. The Morgan fingerprint density at radius 3 is 2.88 bits per heavy atom. The minimum atomic E-state index is -0.520. The number of nitrogens with zero attached hydrogens (tertiary/aromatic N) is 4. The van der Waals surface area contributed by atoms with E-state index in [1.165, 1.54) is 10.9 Å². The number of furan rings is 1. The lowest BCUT2D eigenvalue weighted by Gasteiger charge is -2.17. The standard InChI is InChI=1S/C18H17N5O3/c19-18(7-3-4-8-18)17-21-13(26-22-17)9-23-10-20-14-11-5-1-2-6-12(11)25-15(14)16(23)24/h1-2,5-6,10H,3-4,7-9,19H2. The van der Waals surface area contributed by atoms with Crippen molar-refractivity contribution in [2.75, 3.05) is 0 Å². The zero-order valence-electron chi connectivity index (χ0n) is 14.0. The van der Waals surface area contributed by atoms with Crippen LogP contribution >= 0.6 is 0 Å². The van der Waals surface area contributed by atoms with Gasteiger partial charge in [0.05, 0.1) is 11.9 Å². The second-order valence-corrected chi connectivity index (χ2v) is 6.83. The Kier molecular flexibility index (Phi) is 3.23. The largest absolute Gasteiger partial charge is 0.448 e. The zero-order chi connectivity index (χ0) is 17.7. The van der Waals surface area contributed by atoms with Crippen molar-refractivity contribution < 1.29 is 8.94 Å². The molecule has 0 atom stereocenters. The van der Waals surface area contributed by atoms with Crippen molar-refractivity contribution in [3.8, 4) is 0 Å². The number of aromatic nitrogens is 4. The van der Waals surface area contributed by atoms with Gasteiger partial charge < -0.3 is 14.7 Å². The first-order chi connectivity index (χ1) is 12.6. The highest BCUT2D eigenvalue weighted by atomic mass is 16.5. The van der Waals surface area contributed by atoms with Gasteiger partial charge in [-0.2, -0.15) is 4.98 Å². The van der Waals surface area contributed by atoms with Crippen LogP contribution in [0.4, 0.5) is 0 Å². The molecule has 1 fully saturated rings. The highest BCUT2D eigenvalue weighted by Gasteiger charge is 2.36. The number of fused-ring (bicyclic) bond motifs is 3. The molecule has 1 aliphatic carbocycles. The van der Waals surface area contributed by atoms with Crippen LogP contribution in [0.5, 0.6) is 0 Å². The van der Waals surface area contributed by atoms with E-state index in [4.69, 9.17) is 14.7 Å². The third kappa shape index (κ3) is 2.26. The third-order valence-electron chi connectivity index (χ3n) is 5.07. The van der Waals surface area contributed by atoms with Crippen LogP contribution in [0, 0.1) is 0 Å². The average Bonchev–Trinajstić information content (AvgIpc) is 3.36. The van der Waals surface area contributed by atoms with Crippen LogP contribution < -0.4 is 11.3 Å². The zero-order valence-corrected chi connectivity index (χ0v) is 14.0. The smallest absolute Gasteiger partial charge is 0.297 e. The fraction of sp³-hybridized carbons (Fsp3) is 0.333. The maximum atomic E-state index is 12.7. The number of rotatable bonds is 3. The number of para-hydroxylation sites is 1. The van der Waals surface area contributed by atoms with Gasteiger partial charge in [0.25, 0.3) is 5.56 Å². The predicted octanol–water partition coefficient (Wildman–Crippen LogP) is 2.30. The second-order valence-electron chi connectivity index (χ2n) is 6.83. The monoisotopic (exact) mass is 351 g/mol. The van der Waals surface area contributed by atoms with E-state index in [-0.39, 0.29) is 17.7 Å². The SMILES string of the molecule is NC1(c2noc(Cn3cnc4c(oc5ccccc54)c3=O)n2)CCCC1. The van der Waals surface area contributed by atoms with Gasteiger partial charge in [0.1, 0.15) is 17.6 Å². The Labute approximate surface area is 147 Å². The average molecular weight is 351 g/mol. The summed E-state index contributed by atoms with van der Waals surface area (Å²) in [7, 11) is 0. The number of nitrogens with two attached hydrogens (primary N) is 1. The maximum absolute atomic E-state index is 12.7. The predicted molar refractivity (Wildman–Crippen MR) is 93.5 cm³/mol. The molecule has 0 unspecified atom stereocenters. The molecular formula is C18H17N5O3. The van der Waals surface area contributed by atoms with Crippen molar-refractivity contribution >= 4 is 22.1 Å². The summed E-state index contributed by atoms with van der Waals surface area (Å²) in [6.07, 6.45) is 5.29. The summed E-state index contributed by atoms with van der Waals surface area (Å²) in [4.78, 5) is 21.5. The second kappa shape index (κ2) is 5.50. The topological polar surface area (TPSA) is 113 Å². The molecule has 8 nitrogen and oxygen atoms in total. The lowest BCUT2D eigenvalue weighted by atomic mass is 9.99. The van der Waals surface area contributed by atoms with Gasteiger partial charge in [-0.3, -0.25) is 9.36 Å². The minimum absolute atomic E-state index is 0.127.